The van der Waals surface area contributed by atoms with E-state index in [1.807, 2.05) is 0 Å². The zero-order valence-electron chi connectivity index (χ0n) is 20.5. The fraction of sp³-hybridized carbons (Fsp3) is 0.769. The SMILES string of the molecule is COC(=O)CO/N=C1/C=C2C[C@@H](OC(C)=O)CC[C@]2(C)C2CC[C@]3(C)C(C(C)=O)CCC3C12. The van der Waals surface area contributed by atoms with Crippen LogP contribution >= 0.6 is 0 Å². The summed E-state index contributed by atoms with van der Waals surface area (Å²) in [5.74, 6) is 0.597. The summed E-state index contributed by atoms with van der Waals surface area (Å²) < 4.78 is 10.3. The van der Waals surface area contributed by atoms with Gasteiger partial charge >= 0.3 is 11.9 Å². The lowest BCUT2D eigenvalue weighted by Crippen LogP contribution is -2.54. The van der Waals surface area contributed by atoms with Gasteiger partial charge in [0.15, 0.2) is 0 Å². The third kappa shape index (κ3) is 4.12. The summed E-state index contributed by atoms with van der Waals surface area (Å²) >= 11 is 0. The van der Waals surface area contributed by atoms with Crippen LogP contribution in [0, 0.1) is 34.5 Å². The predicted octanol–water partition coefficient (Wildman–Crippen LogP) is 4.24. The fourth-order valence-electron chi connectivity index (χ4n) is 7.70. The highest BCUT2D eigenvalue weighted by Gasteiger charge is 2.61. The lowest BCUT2D eigenvalue weighted by molar-refractivity contribution is -0.148. The highest BCUT2D eigenvalue weighted by atomic mass is 16.6. The third-order valence-electron chi connectivity index (χ3n) is 9.32. The number of ketones is 1. The van der Waals surface area contributed by atoms with Crippen molar-refractivity contribution in [1.82, 2.24) is 0 Å². The van der Waals surface area contributed by atoms with Crippen molar-refractivity contribution in [2.45, 2.75) is 78.7 Å². The van der Waals surface area contributed by atoms with Crippen LogP contribution < -0.4 is 0 Å². The molecule has 4 aliphatic carbocycles. The van der Waals surface area contributed by atoms with E-state index in [9.17, 15) is 14.4 Å². The maximum Gasteiger partial charge on any atom is 0.346 e. The minimum Gasteiger partial charge on any atom is -0.466 e. The van der Waals surface area contributed by atoms with Crippen LogP contribution in [0.25, 0.3) is 0 Å². The highest BCUT2D eigenvalue weighted by Crippen LogP contribution is 2.65. The predicted molar refractivity (Wildman–Crippen MR) is 122 cm³/mol. The number of fused-ring (bicyclic) bond motifs is 5. The van der Waals surface area contributed by atoms with Crippen molar-refractivity contribution in [3.05, 3.63) is 11.6 Å². The molecule has 0 amide bonds. The number of Topliss-reactive ketones (excluding diaryl/α,β-unsaturated/α-hetero) is 1. The Balaban J connectivity index is 1.71. The molecule has 7 heteroatoms. The largest absolute Gasteiger partial charge is 0.466 e. The number of carbonyl (C=O) groups is 3. The second-order valence-electron chi connectivity index (χ2n) is 11.0. The van der Waals surface area contributed by atoms with Gasteiger partial charge in [0.1, 0.15) is 11.9 Å². The van der Waals surface area contributed by atoms with Gasteiger partial charge in [0.25, 0.3) is 0 Å². The van der Waals surface area contributed by atoms with E-state index in [4.69, 9.17) is 14.3 Å². The number of rotatable bonds is 5. The number of methoxy groups -OCH3 is 1. The monoisotopic (exact) mass is 459 g/mol. The van der Waals surface area contributed by atoms with Crippen molar-refractivity contribution in [3.63, 3.8) is 0 Å². The van der Waals surface area contributed by atoms with Gasteiger partial charge < -0.3 is 14.3 Å². The Bertz CT molecular complexity index is 893. The maximum absolute atomic E-state index is 12.5. The molecular formula is C26H37NO6. The molecule has 33 heavy (non-hydrogen) atoms. The normalized spacial score (nSPS) is 40.7. The Labute approximate surface area is 196 Å². The summed E-state index contributed by atoms with van der Waals surface area (Å²) in [5.41, 5.74) is 2.09. The van der Waals surface area contributed by atoms with Gasteiger partial charge in [0.2, 0.25) is 6.61 Å². The van der Waals surface area contributed by atoms with E-state index in [2.05, 4.69) is 25.1 Å². The number of ether oxygens (including phenoxy) is 2. The molecule has 0 bridgehead atoms. The first-order chi connectivity index (χ1) is 15.6. The molecule has 4 unspecified atom stereocenters. The third-order valence-corrected chi connectivity index (χ3v) is 9.32. The van der Waals surface area contributed by atoms with Gasteiger partial charge in [-0.1, -0.05) is 24.6 Å². The summed E-state index contributed by atoms with van der Waals surface area (Å²) in [6.07, 6.45) is 8.56. The fourth-order valence-corrected chi connectivity index (χ4v) is 7.70. The van der Waals surface area contributed by atoms with E-state index < -0.39 is 5.97 Å². The molecule has 0 saturated heterocycles. The zero-order chi connectivity index (χ0) is 24.0. The van der Waals surface area contributed by atoms with Gasteiger partial charge in [-0.15, -0.1) is 0 Å². The molecule has 0 aromatic carbocycles. The average Bonchev–Trinajstić information content (AvgIpc) is 3.11. The minimum atomic E-state index is -0.470. The maximum atomic E-state index is 12.5. The van der Waals surface area contributed by atoms with Crippen molar-refractivity contribution in [3.8, 4) is 0 Å². The minimum absolute atomic E-state index is 0.0122. The second kappa shape index (κ2) is 8.88. The molecule has 7 atom stereocenters. The molecule has 0 radical (unpaired) electrons. The van der Waals surface area contributed by atoms with Gasteiger partial charge in [-0.25, -0.2) is 4.79 Å². The summed E-state index contributed by atoms with van der Waals surface area (Å²) in [4.78, 5) is 41.1. The van der Waals surface area contributed by atoms with Crippen LogP contribution in [0.15, 0.2) is 16.8 Å². The van der Waals surface area contributed by atoms with Crippen molar-refractivity contribution in [2.24, 2.45) is 39.7 Å². The van der Waals surface area contributed by atoms with Crippen molar-refractivity contribution in [2.75, 3.05) is 13.7 Å². The van der Waals surface area contributed by atoms with E-state index in [-0.39, 0.29) is 41.3 Å². The molecule has 0 aromatic heterocycles. The summed E-state index contributed by atoms with van der Waals surface area (Å²) in [7, 11) is 1.33. The highest BCUT2D eigenvalue weighted by molar-refractivity contribution is 5.99. The average molecular weight is 460 g/mol. The molecule has 0 spiro atoms. The standard InChI is InChI=1S/C26H37NO6/c1-15(28)19-6-7-20-24-21(9-11-26(19,20)4)25(3)10-8-18(33-16(2)29)12-17(25)13-22(24)27-32-14-23(30)31-5/h13,18-21,24H,6-12,14H2,1-5H3/b27-22-/t18-,19?,20?,21?,24?,25-,26+/m0/s1. The Hall–Kier alpha value is -2.18. The zero-order valence-corrected chi connectivity index (χ0v) is 20.5. The molecule has 4 rings (SSSR count). The second-order valence-corrected chi connectivity index (χ2v) is 11.0. The van der Waals surface area contributed by atoms with Gasteiger partial charge in [-0.05, 0) is 74.2 Å². The Morgan fingerprint density at radius 1 is 1.06 bits per heavy atom. The van der Waals surface area contributed by atoms with Crippen molar-refractivity contribution in [1.29, 1.82) is 0 Å². The van der Waals surface area contributed by atoms with Gasteiger partial charge in [0, 0.05) is 25.2 Å². The van der Waals surface area contributed by atoms with Crippen LogP contribution in [0.1, 0.15) is 72.6 Å². The van der Waals surface area contributed by atoms with Crippen LogP contribution in [0.4, 0.5) is 0 Å². The quantitative estimate of drug-likeness (QED) is 0.451. The Morgan fingerprint density at radius 2 is 1.82 bits per heavy atom. The van der Waals surface area contributed by atoms with Crippen LogP contribution in [-0.2, 0) is 28.7 Å². The molecule has 182 valence electrons. The lowest BCUT2D eigenvalue weighted by atomic mass is 9.47. The smallest absolute Gasteiger partial charge is 0.346 e. The lowest BCUT2D eigenvalue weighted by Gasteiger charge is -2.57. The van der Waals surface area contributed by atoms with E-state index in [1.54, 1.807) is 6.92 Å². The molecule has 0 aliphatic heterocycles. The van der Waals surface area contributed by atoms with E-state index in [1.165, 1.54) is 19.6 Å². The number of esters is 2. The molecule has 3 fully saturated rings. The summed E-state index contributed by atoms with van der Waals surface area (Å²) in [6, 6.07) is 0. The van der Waals surface area contributed by atoms with E-state index >= 15 is 0 Å². The van der Waals surface area contributed by atoms with Crippen LogP contribution in [0.3, 0.4) is 0 Å². The van der Waals surface area contributed by atoms with Crippen molar-refractivity contribution < 1.29 is 28.7 Å². The first-order valence-corrected chi connectivity index (χ1v) is 12.3. The van der Waals surface area contributed by atoms with Gasteiger partial charge in [-0.3, -0.25) is 9.59 Å². The summed E-state index contributed by atoms with van der Waals surface area (Å²) in [6.45, 7) is 7.60. The van der Waals surface area contributed by atoms with Crippen LogP contribution in [0.2, 0.25) is 0 Å². The molecule has 3 saturated carbocycles. The van der Waals surface area contributed by atoms with E-state index in [0.29, 0.717) is 24.0 Å². The van der Waals surface area contributed by atoms with Gasteiger partial charge in [0.05, 0.1) is 12.8 Å². The molecule has 0 heterocycles. The van der Waals surface area contributed by atoms with Crippen LogP contribution in [-0.4, -0.2) is 43.3 Å². The number of oxime groups is 1. The number of allylic oxidation sites excluding steroid dienone is 1. The molecule has 4 aliphatic rings. The topological polar surface area (TPSA) is 91.3 Å². The van der Waals surface area contributed by atoms with Crippen molar-refractivity contribution >= 4 is 23.4 Å². The molecule has 0 N–H and O–H groups in total. The first kappa shape index (κ1) is 24.0. The van der Waals surface area contributed by atoms with Crippen LogP contribution in [0.5, 0.6) is 0 Å². The Morgan fingerprint density at radius 3 is 2.48 bits per heavy atom. The number of carbonyl (C=O) groups excluding carboxylic acids is 3. The first-order valence-electron chi connectivity index (χ1n) is 12.3. The molecule has 7 nitrogen and oxygen atoms in total. The molecule has 0 aromatic rings. The number of hydrogen-bond acceptors (Lipinski definition) is 7. The van der Waals surface area contributed by atoms with Gasteiger partial charge in [-0.2, -0.15) is 0 Å². The Kier molecular flexibility index (Phi) is 6.45. The van der Waals surface area contributed by atoms with E-state index in [0.717, 1.165) is 44.2 Å². The molecular weight excluding hydrogens is 422 g/mol. The summed E-state index contributed by atoms with van der Waals surface area (Å²) in [5, 5.41) is 4.47. The number of nitrogens with zero attached hydrogens (tertiary/aromatic N) is 1. The number of hydrogen-bond donors (Lipinski definition) is 0.